The maximum absolute atomic E-state index is 11.5. The van der Waals surface area contributed by atoms with E-state index in [1.807, 2.05) is 28.9 Å². The minimum absolute atomic E-state index is 0.104. The van der Waals surface area contributed by atoms with Crippen molar-refractivity contribution >= 4 is 23.7 Å². The molecule has 1 fully saturated rings. The standard InChI is InChI=1S/C23H27N5OS/c1-3-18-4-6-20(7-5-18)22-24-23(30)28(25-22)16-26-12-14-27(15-13-26)21-10-8-19(9-11-21)17(2)29/h4-11H,3,12-16H2,1-2H3,(H,24,25,30)/p+1. The molecule has 2 heterocycles. The molecule has 1 aliphatic heterocycles. The Morgan fingerprint density at radius 2 is 1.77 bits per heavy atom. The van der Waals surface area contributed by atoms with Crippen molar-refractivity contribution in [3.63, 3.8) is 0 Å². The molecule has 1 saturated heterocycles. The van der Waals surface area contributed by atoms with Crippen molar-refractivity contribution in [2.75, 3.05) is 31.1 Å². The molecular weight excluding hydrogens is 394 g/mol. The van der Waals surface area contributed by atoms with E-state index in [0.29, 0.717) is 4.77 Å². The van der Waals surface area contributed by atoms with Gasteiger partial charge < -0.3 is 9.80 Å². The van der Waals surface area contributed by atoms with Crippen molar-refractivity contribution in [3.05, 3.63) is 64.4 Å². The van der Waals surface area contributed by atoms with Gasteiger partial charge in [-0.2, -0.15) is 4.98 Å². The lowest BCUT2D eigenvalue weighted by molar-refractivity contribution is -0.924. The van der Waals surface area contributed by atoms with E-state index in [2.05, 4.69) is 46.2 Å². The van der Waals surface area contributed by atoms with Gasteiger partial charge in [0, 0.05) is 16.8 Å². The van der Waals surface area contributed by atoms with Gasteiger partial charge in [0.25, 0.3) is 0 Å². The molecule has 1 aliphatic rings. The Kier molecular flexibility index (Phi) is 6.11. The first kappa shape index (κ1) is 20.5. The molecule has 0 unspecified atom stereocenters. The minimum atomic E-state index is 0.104. The Hall–Kier alpha value is -2.77. The average Bonchev–Trinajstić information content (AvgIpc) is 3.14. The fraction of sp³-hybridized carbons (Fsp3) is 0.348. The summed E-state index contributed by atoms with van der Waals surface area (Å²) in [4.78, 5) is 19.9. The number of H-pyrrole nitrogens is 1. The Morgan fingerprint density at radius 3 is 2.37 bits per heavy atom. The molecule has 3 aromatic rings. The van der Waals surface area contributed by atoms with Gasteiger partial charge in [0.1, 0.15) is 0 Å². The van der Waals surface area contributed by atoms with E-state index < -0.39 is 0 Å². The van der Waals surface area contributed by atoms with Crippen LogP contribution in [0.1, 0.15) is 29.8 Å². The number of aromatic nitrogens is 3. The lowest BCUT2D eigenvalue weighted by atomic mass is 10.1. The van der Waals surface area contributed by atoms with Crippen LogP contribution < -0.4 is 9.80 Å². The lowest BCUT2D eigenvalue weighted by Crippen LogP contribution is -3.14. The van der Waals surface area contributed by atoms with Crippen molar-refractivity contribution in [1.82, 2.24) is 14.8 Å². The minimum Gasteiger partial charge on any atom is -0.360 e. The molecule has 0 saturated carbocycles. The maximum atomic E-state index is 11.5. The predicted molar refractivity (Wildman–Crippen MR) is 122 cm³/mol. The number of hydrogen-bond acceptors (Lipinski definition) is 4. The van der Waals surface area contributed by atoms with Crippen LogP contribution in [-0.4, -0.2) is 46.7 Å². The number of quaternary nitrogens is 1. The van der Waals surface area contributed by atoms with Crippen molar-refractivity contribution < 1.29 is 9.69 Å². The highest BCUT2D eigenvalue weighted by molar-refractivity contribution is 7.71. The summed E-state index contributed by atoms with van der Waals surface area (Å²) in [5.74, 6) is 0.930. The molecule has 156 valence electrons. The number of aromatic amines is 1. The van der Waals surface area contributed by atoms with Gasteiger partial charge in [-0.15, -0.1) is 0 Å². The zero-order valence-corrected chi connectivity index (χ0v) is 18.3. The van der Waals surface area contributed by atoms with Crippen LogP contribution in [0.4, 0.5) is 5.69 Å². The molecule has 0 radical (unpaired) electrons. The first-order chi connectivity index (χ1) is 14.5. The summed E-state index contributed by atoms with van der Waals surface area (Å²) in [6, 6.07) is 16.4. The van der Waals surface area contributed by atoms with Crippen LogP contribution in [0.2, 0.25) is 0 Å². The molecule has 2 N–H and O–H groups in total. The third-order valence-electron chi connectivity index (χ3n) is 5.81. The largest absolute Gasteiger partial charge is 0.360 e. The van der Waals surface area contributed by atoms with E-state index in [9.17, 15) is 4.79 Å². The SMILES string of the molecule is CCc1ccc(-c2nc(=S)n(C[NH+]3CCN(c4ccc(C(C)=O)cc4)CC3)[nH]2)cc1. The summed E-state index contributed by atoms with van der Waals surface area (Å²) in [6.07, 6.45) is 1.03. The highest BCUT2D eigenvalue weighted by Crippen LogP contribution is 2.17. The van der Waals surface area contributed by atoms with Crippen molar-refractivity contribution in [2.45, 2.75) is 26.9 Å². The zero-order valence-electron chi connectivity index (χ0n) is 17.5. The molecule has 0 spiro atoms. The Balaban J connectivity index is 1.37. The molecule has 0 atom stereocenters. The van der Waals surface area contributed by atoms with Crippen LogP contribution >= 0.6 is 12.2 Å². The van der Waals surface area contributed by atoms with Crippen LogP contribution in [0, 0.1) is 4.77 Å². The number of rotatable bonds is 6. The smallest absolute Gasteiger partial charge is 0.221 e. The van der Waals surface area contributed by atoms with Crippen molar-refractivity contribution in [3.8, 4) is 11.4 Å². The second-order valence-corrected chi connectivity index (χ2v) is 8.20. The molecule has 6 nitrogen and oxygen atoms in total. The van der Waals surface area contributed by atoms with Gasteiger partial charge in [-0.1, -0.05) is 31.2 Å². The maximum Gasteiger partial charge on any atom is 0.221 e. The summed E-state index contributed by atoms with van der Waals surface area (Å²) in [7, 11) is 0. The van der Waals surface area contributed by atoms with Crippen LogP contribution in [0.25, 0.3) is 11.4 Å². The quantitative estimate of drug-likeness (QED) is 0.474. The Morgan fingerprint density at radius 1 is 1.10 bits per heavy atom. The number of carbonyl (C=O) groups is 1. The lowest BCUT2D eigenvalue weighted by Gasteiger charge is -2.33. The van der Waals surface area contributed by atoms with E-state index in [1.165, 1.54) is 16.2 Å². The van der Waals surface area contributed by atoms with Crippen LogP contribution in [-0.2, 0) is 13.1 Å². The fourth-order valence-corrected chi connectivity index (χ4v) is 4.06. The summed E-state index contributed by atoms with van der Waals surface area (Å²) >= 11 is 5.49. The third kappa shape index (κ3) is 4.52. The number of Topliss-reactive ketones (excluding diaryl/α,β-unsaturated/α-hetero) is 1. The normalized spacial score (nSPS) is 14.8. The molecule has 2 aromatic carbocycles. The van der Waals surface area contributed by atoms with Gasteiger partial charge >= 0.3 is 0 Å². The topological polar surface area (TPSA) is 58.4 Å². The molecule has 4 rings (SSSR count). The number of hydrogen-bond donors (Lipinski definition) is 2. The number of aryl methyl sites for hydroxylation is 1. The van der Waals surface area contributed by atoms with E-state index in [0.717, 1.165) is 56.2 Å². The first-order valence-electron chi connectivity index (χ1n) is 10.5. The Labute approximate surface area is 182 Å². The summed E-state index contributed by atoms with van der Waals surface area (Å²) < 4.78 is 2.57. The van der Waals surface area contributed by atoms with E-state index >= 15 is 0 Å². The molecule has 0 aliphatic carbocycles. The summed E-state index contributed by atoms with van der Waals surface area (Å²) in [5, 5.41) is 3.38. The molecule has 30 heavy (non-hydrogen) atoms. The average molecular weight is 423 g/mol. The van der Waals surface area contributed by atoms with Gasteiger partial charge in [0.15, 0.2) is 18.3 Å². The van der Waals surface area contributed by atoms with E-state index in [1.54, 1.807) is 6.92 Å². The molecule has 0 bridgehead atoms. The van der Waals surface area contributed by atoms with Gasteiger partial charge in [-0.3, -0.25) is 9.89 Å². The van der Waals surface area contributed by atoms with E-state index in [4.69, 9.17) is 12.2 Å². The third-order valence-corrected chi connectivity index (χ3v) is 6.12. The molecule has 7 heteroatoms. The van der Waals surface area contributed by atoms with Crippen molar-refractivity contribution in [2.24, 2.45) is 0 Å². The number of benzene rings is 2. The second kappa shape index (κ2) is 8.93. The zero-order chi connectivity index (χ0) is 21.1. The Bertz CT molecular complexity index is 1060. The number of carbonyl (C=O) groups excluding carboxylic acids is 1. The first-order valence-corrected chi connectivity index (χ1v) is 10.9. The number of nitrogens with zero attached hydrogens (tertiary/aromatic N) is 3. The van der Waals surface area contributed by atoms with Crippen molar-refractivity contribution in [1.29, 1.82) is 0 Å². The molecular formula is C23H28N5OS+. The predicted octanol–water partition coefficient (Wildman–Crippen LogP) is 2.74. The van der Waals surface area contributed by atoms with Crippen LogP contribution in [0.3, 0.4) is 0 Å². The van der Waals surface area contributed by atoms with Gasteiger partial charge in [-0.05, 0) is 55.4 Å². The van der Waals surface area contributed by atoms with Crippen LogP contribution in [0.15, 0.2) is 48.5 Å². The monoisotopic (exact) mass is 422 g/mol. The highest BCUT2D eigenvalue weighted by atomic mass is 32.1. The van der Waals surface area contributed by atoms with Crippen LogP contribution in [0.5, 0.6) is 0 Å². The number of nitrogens with one attached hydrogen (secondary N) is 2. The summed E-state index contributed by atoms with van der Waals surface area (Å²) in [5.41, 5.74) is 4.31. The second-order valence-electron chi connectivity index (χ2n) is 7.83. The van der Waals surface area contributed by atoms with E-state index in [-0.39, 0.29) is 5.78 Å². The fourth-order valence-electron chi connectivity index (χ4n) is 3.86. The van der Waals surface area contributed by atoms with Gasteiger partial charge in [0.2, 0.25) is 4.77 Å². The summed E-state index contributed by atoms with van der Waals surface area (Å²) in [6.45, 7) is 8.54. The molecule has 0 amide bonds. The number of piperazine rings is 1. The number of ketones is 1. The van der Waals surface area contributed by atoms with Gasteiger partial charge in [0.05, 0.1) is 26.2 Å². The molecule has 1 aromatic heterocycles. The van der Waals surface area contributed by atoms with Gasteiger partial charge in [-0.25, -0.2) is 4.68 Å². The highest BCUT2D eigenvalue weighted by Gasteiger charge is 2.21. The number of anilines is 1.